The second kappa shape index (κ2) is 8.23. The van der Waals surface area contributed by atoms with Crippen LogP contribution in [0.5, 0.6) is 5.75 Å². The Bertz CT molecular complexity index is 967. The number of amides is 1. The van der Waals surface area contributed by atoms with Crippen molar-refractivity contribution >= 4 is 11.9 Å². The largest absolute Gasteiger partial charge is 0.493 e. The topological polar surface area (TPSA) is 66.8 Å². The highest BCUT2D eigenvalue weighted by Crippen LogP contribution is 2.60. The fourth-order valence-electron chi connectivity index (χ4n) is 8.27. The van der Waals surface area contributed by atoms with Gasteiger partial charge in [0, 0.05) is 18.0 Å². The molecule has 5 saturated carbocycles. The van der Waals surface area contributed by atoms with Gasteiger partial charge in [-0.3, -0.25) is 4.79 Å². The van der Waals surface area contributed by atoms with E-state index < -0.39 is 23.7 Å². The summed E-state index contributed by atoms with van der Waals surface area (Å²) >= 11 is 0. The van der Waals surface area contributed by atoms with Gasteiger partial charge in [0.15, 0.2) is 0 Å². The first-order valence-electron chi connectivity index (χ1n) is 13.4. The van der Waals surface area contributed by atoms with Gasteiger partial charge in [-0.1, -0.05) is 13.3 Å². The van der Waals surface area contributed by atoms with Crippen molar-refractivity contribution in [2.24, 2.45) is 29.1 Å². The third-order valence-corrected chi connectivity index (χ3v) is 9.61. The normalized spacial score (nSPS) is 36.2. The standard InChI is InChI=1S/C28H36FNO4/c1-2-19-5-6-30(25(19)27(32)33)26(31)22-10-21(20-3-4-20)24(11-23(22)29)34-15-28-12-16-7-17(13-28)9-18(8-16)14-28/h10-11,16-20,25H,2-9,12-15H2,1H3,(H,32,33)/t16?,17?,18?,19?,25-,28?/m0/s1. The highest BCUT2D eigenvalue weighted by molar-refractivity contribution is 5.97. The molecule has 1 aromatic carbocycles. The second-order valence-electron chi connectivity index (χ2n) is 12.1. The number of rotatable bonds is 7. The fourth-order valence-corrected chi connectivity index (χ4v) is 8.27. The molecule has 0 radical (unpaired) electrons. The van der Waals surface area contributed by atoms with E-state index in [1.165, 1.54) is 49.5 Å². The number of carboxylic acid groups (broad SMARTS) is 1. The Morgan fingerprint density at radius 2 is 1.74 bits per heavy atom. The van der Waals surface area contributed by atoms with E-state index in [0.29, 0.717) is 37.7 Å². The Kier molecular flexibility index (Phi) is 5.42. The van der Waals surface area contributed by atoms with Crippen LogP contribution in [0.3, 0.4) is 0 Å². The van der Waals surface area contributed by atoms with Crippen molar-refractivity contribution in [3.05, 3.63) is 29.1 Å². The lowest BCUT2D eigenvalue weighted by atomic mass is 9.50. The number of carboxylic acids is 1. The van der Waals surface area contributed by atoms with Gasteiger partial charge >= 0.3 is 5.97 Å². The van der Waals surface area contributed by atoms with E-state index in [4.69, 9.17) is 4.74 Å². The number of benzene rings is 1. The smallest absolute Gasteiger partial charge is 0.326 e. The van der Waals surface area contributed by atoms with E-state index in [1.54, 1.807) is 6.07 Å². The van der Waals surface area contributed by atoms with Crippen LogP contribution < -0.4 is 4.74 Å². The highest BCUT2D eigenvalue weighted by atomic mass is 19.1. The van der Waals surface area contributed by atoms with Crippen LogP contribution in [-0.4, -0.2) is 41.1 Å². The van der Waals surface area contributed by atoms with Crippen molar-refractivity contribution in [3.8, 4) is 5.75 Å². The molecule has 0 spiro atoms. The zero-order valence-corrected chi connectivity index (χ0v) is 20.1. The number of nitrogens with zero attached hydrogens (tertiary/aromatic N) is 1. The van der Waals surface area contributed by atoms with Gasteiger partial charge in [0.1, 0.15) is 17.6 Å². The summed E-state index contributed by atoms with van der Waals surface area (Å²) < 4.78 is 21.7. The van der Waals surface area contributed by atoms with Crippen LogP contribution in [0.15, 0.2) is 12.1 Å². The Labute approximate surface area is 201 Å². The van der Waals surface area contributed by atoms with Crippen LogP contribution in [0.4, 0.5) is 4.39 Å². The maximum Gasteiger partial charge on any atom is 0.326 e. The predicted octanol–water partition coefficient (Wildman–Crippen LogP) is 5.62. The third-order valence-electron chi connectivity index (χ3n) is 9.61. The predicted molar refractivity (Wildman–Crippen MR) is 125 cm³/mol. The van der Waals surface area contributed by atoms with E-state index in [0.717, 1.165) is 36.2 Å². The lowest BCUT2D eigenvalue weighted by molar-refractivity contribution is -0.142. The summed E-state index contributed by atoms with van der Waals surface area (Å²) in [5, 5.41) is 9.73. The summed E-state index contributed by atoms with van der Waals surface area (Å²) in [4.78, 5) is 26.6. The molecule has 7 rings (SSSR count). The van der Waals surface area contributed by atoms with Gasteiger partial charge in [0.05, 0.1) is 12.2 Å². The van der Waals surface area contributed by atoms with Crippen molar-refractivity contribution in [3.63, 3.8) is 0 Å². The number of halogens is 1. The van der Waals surface area contributed by atoms with Gasteiger partial charge in [-0.15, -0.1) is 0 Å². The van der Waals surface area contributed by atoms with Gasteiger partial charge < -0.3 is 14.7 Å². The van der Waals surface area contributed by atoms with Crippen LogP contribution in [0.25, 0.3) is 0 Å². The van der Waals surface area contributed by atoms with Crippen molar-refractivity contribution in [1.29, 1.82) is 0 Å². The maximum absolute atomic E-state index is 15.3. The second-order valence-corrected chi connectivity index (χ2v) is 12.1. The van der Waals surface area contributed by atoms with Crippen LogP contribution in [-0.2, 0) is 4.79 Å². The summed E-state index contributed by atoms with van der Waals surface area (Å²) in [7, 11) is 0. The number of ether oxygens (including phenoxy) is 1. The molecule has 34 heavy (non-hydrogen) atoms. The molecule has 1 aromatic rings. The molecule has 1 saturated heterocycles. The van der Waals surface area contributed by atoms with E-state index in [-0.39, 0.29) is 16.9 Å². The van der Waals surface area contributed by atoms with E-state index in [1.807, 2.05) is 6.92 Å². The minimum atomic E-state index is -1.00. The molecular formula is C28H36FNO4. The lowest BCUT2D eigenvalue weighted by Crippen LogP contribution is -2.48. The molecule has 184 valence electrons. The van der Waals surface area contributed by atoms with Crippen molar-refractivity contribution in [1.82, 2.24) is 4.90 Å². The molecule has 1 heterocycles. The molecule has 1 unspecified atom stereocenters. The molecule has 6 heteroatoms. The molecule has 5 nitrogen and oxygen atoms in total. The molecule has 5 aliphatic carbocycles. The number of carbonyl (C=O) groups is 2. The SMILES string of the molecule is CCC1CCN(C(=O)c2cc(C3CC3)c(OCC34CC5CC(CC(C5)C3)C4)cc2F)[C@@H]1C(=O)O. The zero-order valence-electron chi connectivity index (χ0n) is 20.1. The molecule has 0 aromatic heterocycles. The Hall–Kier alpha value is -2.11. The van der Waals surface area contributed by atoms with Gasteiger partial charge in [0.2, 0.25) is 0 Å². The Morgan fingerprint density at radius 1 is 1.09 bits per heavy atom. The average Bonchev–Trinajstić information content (AvgIpc) is 3.53. The fraction of sp³-hybridized carbons (Fsp3) is 0.714. The lowest BCUT2D eigenvalue weighted by Gasteiger charge is -2.56. The molecule has 6 fully saturated rings. The van der Waals surface area contributed by atoms with Gasteiger partial charge in [-0.2, -0.15) is 0 Å². The summed E-state index contributed by atoms with van der Waals surface area (Å²) in [5.41, 5.74) is 1.15. The number of carbonyl (C=O) groups excluding carboxylic acids is 1. The van der Waals surface area contributed by atoms with Gasteiger partial charge in [-0.05, 0) is 99.0 Å². The first-order chi connectivity index (χ1) is 16.4. The Balaban J connectivity index is 1.24. The first-order valence-corrected chi connectivity index (χ1v) is 13.4. The van der Waals surface area contributed by atoms with Crippen molar-refractivity contribution in [2.75, 3.05) is 13.2 Å². The van der Waals surface area contributed by atoms with E-state index >= 15 is 4.39 Å². The van der Waals surface area contributed by atoms with Crippen LogP contribution >= 0.6 is 0 Å². The maximum atomic E-state index is 15.3. The Morgan fingerprint density at radius 3 is 2.29 bits per heavy atom. The van der Waals surface area contributed by atoms with Crippen molar-refractivity contribution in [2.45, 2.75) is 83.1 Å². The van der Waals surface area contributed by atoms with Crippen molar-refractivity contribution < 1.29 is 23.8 Å². The summed E-state index contributed by atoms with van der Waals surface area (Å²) in [5.74, 6) is 1.21. The minimum absolute atomic E-state index is 0.00735. The number of aliphatic carboxylic acids is 1. The number of hydrogen-bond donors (Lipinski definition) is 1. The number of hydrogen-bond acceptors (Lipinski definition) is 3. The molecule has 1 amide bonds. The molecule has 2 atom stereocenters. The summed E-state index contributed by atoms with van der Waals surface area (Å²) in [6, 6.07) is 2.20. The molecular weight excluding hydrogens is 433 g/mol. The summed E-state index contributed by atoms with van der Waals surface area (Å²) in [6.45, 7) is 2.95. The van der Waals surface area contributed by atoms with E-state index in [2.05, 4.69) is 0 Å². The van der Waals surface area contributed by atoms with Crippen LogP contribution in [0.2, 0.25) is 0 Å². The first kappa shape index (κ1) is 22.4. The quantitative estimate of drug-likeness (QED) is 0.563. The number of likely N-dealkylation sites (tertiary alicyclic amines) is 1. The van der Waals surface area contributed by atoms with E-state index in [9.17, 15) is 14.7 Å². The molecule has 1 N–H and O–H groups in total. The van der Waals surface area contributed by atoms with Gasteiger partial charge in [0.25, 0.3) is 5.91 Å². The highest BCUT2D eigenvalue weighted by Gasteiger charge is 2.51. The molecule has 4 bridgehead atoms. The average molecular weight is 470 g/mol. The summed E-state index contributed by atoms with van der Waals surface area (Å²) in [6.07, 6.45) is 11.2. The third kappa shape index (κ3) is 3.81. The van der Waals surface area contributed by atoms with Crippen LogP contribution in [0, 0.1) is 34.9 Å². The minimum Gasteiger partial charge on any atom is -0.493 e. The zero-order chi connectivity index (χ0) is 23.6. The van der Waals surface area contributed by atoms with Gasteiger partial charge in [-0.25, -0.2) is 9.18 Å². The molecule has 6 aliphatic rings. The van der Waals surface area contributed by atoms with Crippen LogP contribution in [0.1, 0.15) is 93.0 Å². The monoisotopic (exact) mass is 469 g/mol. The molecule has 1 aliphatic heterocycles.